The van der Waals surface area contributed by atoms with Crippen molar-refractivity contribution in [2.45, 2.75) is 45.1 Å². The van der Waals surface area contributed by atoms with Crippen molar-refractivity contribution in [2.75, 3.05) is 51.8 Å². The number of nitrogens with one attached hydrogen (secondary N) is 2. The Hall–Kier alpha value is -4.35. The molecule has 4 rings (SSSR count). The maximum absolute atomic E-state index is 13.0. The van der Waals surface area contributed by atoms with Gasteiger partial charge in [-0.05, 0) is 49.4 Å². The number of unbranched alkanes of at least 4 members (excludes halogenated alkanes) is 1. The smallest absolute Gasteiger partial charge is 0.317 e. The van der Waals surface area contributed by atoms with Crippen LogP contribution in [0.4, 0.5) is 10.6 Å². The van der Waals surface area contributed by atoms with E-state index in [0.29, 0.717) is 56.0 Å². The van der Waals surface area contributed by atoms with Crippen molar-refractivity contribution in [3.63, 3.8) is 0 Å². The molecule has 1 aliphatic heterocycles. The van der Waals surface area contributed by atoms with Crippen LogP contribution in [0, 0.1) is 0 Å². The molecule has 1 fully saturated rings. The third kappa shape index (κ3) is 8.09. The van der Waals surface area contributed by atoms with Crippen LogP contribution in [0.2, 0.25) is 0 Å². The van der Waals surface area contributed by atoms with E-state index in [-0.39, 0.29) is 24.4 Å². The number of rotatable bonds is 13. The normalized spacial score (nSPS) is 15.0. The predicted molar refractivity (Wildman–Crippen MR) is 156 cm³/mol. The second-order valence-corrected chi connectivity index (χ2v) is 9.91. The predicted octanol–water partition coefficient (Wildman–Crippen LogP) is 2.82. The summed E-state index contributed by atoms with van der Waals surface area (Å²) in [7, 11) is 3.25. The number of methoxy groups -OCH3 is 2. The summed E-state index contributed by atoms with van der Waals surface area (Å²) < 4.78 is 12.4. The van der Waals surface area contributed by atoms with Crippen molar-refractivity contribution in [1.29, 1.82) is 0 Å². The van der Waals surface area contributed by atoms with E-state index in [1.54, 1.807) is 48.6 Å². The summed E-state index contributed by atoms with van der Waals surface area (Å²) in [6, 6.07) is 7.44. The highest BCUT2D eigenvalue weighted by molar-refractivity contribution is 5.78. The molecule has 220 valence electrons. The molecule has 1 unspecified atom stereocenters. The van der Waals surface area contributed by atoms with Gasteiger partial charge in [0.05, 0.1) is 20.3 Å². The summed E-state index contributed by atoms with van der Waals surface area (Å²) in [4.78, 5) is 42.8. The lowest BCUT2D eigenvalue weighted by Gasteiger charge is -2.41. The van der Waals surface area contributed by atoms with Gasteiger partial charge in [-0.1, -0.05) is 13.0 Å². The largest absolute Gasteiger partial charge is 0.493 e. The van der Waals surface area contributed by atoms with Crippen LogP contribution in [0.1, 0.15) is 38.2 Å². The zero-order chi connectivity index (χ0) is 29.0. The van der Waals surface area contributed by atoms with Crippen LogP contribution >= 0.6 is 0 Å². The molecule has 2 N–H and O–H groups in total. The first-order valence-corrected chi connectivity index (χ1v) is 14.1. The number of amides is 3. The molecule has 1 saturated heterocycles. The molecule has 1 aliphatic rings. The molecule has 0 saturated carbocycles. The SMILES string of the molecule is CCCNC(=O)N1CCN(c2ccnc(-n3ccnc3)n2)C(CC(=O)NCCCCc2ccc(OC)c(OC)c2)C1. The Morgan fingerprint density at radius 1 is 1.02 bits per heavy atom. The zero-order valence-electron chi connectivity index (χ0n) is 24.1. The van der Waals surface area contributed by atoms with Crippen LogP contribution in [-0.4, -0.2) is 89.3 Å². The molecule has 12 nitrogen and oxygen atoms in total. The van der Waals surface area contributed by atoms with Gasteiger partial charge in [0.15, 0.2) is 11.5 Å². The Balaban J connectivity index is 1.34. The number of benzene rings is 1. The lowest BCUT2D eigenvalue weighted by molar-refractivity contribution is -0.121. The number of carbonyl (C=O) groups is 2. The van der Waals surface area contributed by atoms with E-state index in [2.05, 4.69) is 25.5 Å². The molecule has 3 heterocycles. The summed E-state index contributed by atoms with van der Waals surface area (Å²) in [6.07, 6.45) is 10.6. The zero-order valence-corrected chi connectivity index (χ0v) is 24.1. The number of imidazole rings is 1. The minimum atomic E-state index is -0.228. The molecule has 0 spiro atoms. The lowest BCUT2D eigenvalue weighted by atomic mass is 10.1. The second kappa shape index (κ2) is 14.9. The van der Waals surface area contributed by atoms with Crippen LogP contribution in [-0.2, 0) is 11.2 Å². The first-order valence-electron chi connectivity index (χ1n) is 14.1. The highest BCUT2D eigenvalue weighted by atomic mass is 16.5. The molecule has 0 aliphatic carbocycles. The molecule has 3 aromatic rings. The Morgan fingerprint density at radius 3 is 2.63 bits per heavy atom. The number of anilines is 1. The first kappa shape index (κ1) is 29.6. The van der Waals surface area contributed by atoms with Crippen molar-refractivity contribution < 1.29 is 19.1 Å². The van der Waals surface area contributed by atoms with Gasteiger partial charge < -0.3 is 29.9 Å². The van der Waals surface area contributed by atoms with Gasteiger partial charge in [0.25, 0.3) is 0 Å². The number of piperazine rings is 1. The van der Waals surface area contributed by atoms with Crippen LogP contribution in [0.3, 0.4) is 0 Å². The Labute approximate surface area is 241 Å². The molecule has 0 bridgehead atoms. The number of ether oxygens (including phenoxy) is 2. The fourth-order valence-electron chi connectivity index (χ4n) is 4.87. The number of aryl methyl sites for hydroxylation is 1. The number of urea groups is 1. The fourth-order valence-corrected chi connectivity index (χ4v) is 4.87. The molecular formula is C29H40N8O4. The monoisotopic (exact) mass is 564 g/mol. The van der Waals surface area contributed by atoms with E-state index in [1.807, 2.05) is 31.2 Å². The van der Waals surface area contributed by atoms with Gasteiger partial charge in [-0.25, -0.2) is 14.8 Å². The molecule has 2 aromatic heterocycles. The van der Waals surface area contributed by atoms with Gasteiger partial charge in [-0.15, -0.1) is 0 Å². The molecule has 0 radical (unpaired) electrons. The number of carbonyl (C=O) groups excluding carboxylic acids is 2. The summed E-state index contributed by atoms with van der Waals surface area (Å²) in [5.41, 5.74) is 1.16. The average molecular weight is 565 g/mol. The molecule has 1 aromatic carbocycles. The lowest BCUT2D eigenvalue weighted by Crippen LogP contribution is -2.58. The standard InChI is InChI=1S/C29H40N8O4/c1-4-11-33-29(39)35-16-17-37(26-10-13-32-28(34-26)36-15-14-30-21-36)23(20-35)19-27(38)31-12-6-5-7-22-8-9-24(40-2)25(18-22)41-3/h8-10,13-15,18,21,23H,4-7,11-12,16-17,19-20H2,1-3H3,(H,31,38)(H,33,39). The second-order valence-electron chi connectivity index (χ2n) is 9.91. The Bertz CT molecular complexity index is 1270. The van der Waals surface area contributed by atoms with Crippen molar-refractivity contribution in [1.82, 2.24) is 35.1 Å². The van der Waals surface area contributed by atoms with Crippen LogP contribution < -0.4 is 25.0 Å². The van der Waals surface area contributed by atoms with Gasteiger partial charge in [0.2, 0.25) is 11.9 Å². The summed E-state index contributed by atoms with van der Waals surface area (Å²) in [6.45, 7) is 4.74. The van der Waals surface area contributed by atoms with Crippen LogP contribution in [0.15, 0.2) is 49.2 Å². The van der Waals surface area contributed by atoms with E-state index >= 15 is 0 Å². The first-order chi connectivity index (χ1) is 20.0. The highest BCUT2D eigenvalue weighted by Crippen LogP contribution is 2.28. The third-order valence-corrected chi connectivity index (χ3v) is 7.04. The van der Waals surface area contributed by atoms with Crippen molar-refractivity contribution in [2.24, 2.45) is 0 Å². The molecule has 12 heteroatoms. The van der Waals surface area contributed by atoms with E-state index < -0.39 is 0 Å². The molecular weight excluding hydrogens is 524 g/mol. The van der Waals surface area contributed by atoms with Crippen molar-refractivity contribution >= 4 is 17.8 Å². The summed E-state index contributed by atoms with van der Waals surface area (Å²) in [5.74, 6) is 2.59. The quantitative estimate of drug-likeness (QED) is 0.304. The van der Waals surface area contributed by atoms with Crippen molar-refractivity contribution in [3.05, 3.63) is 54.7 Å². The Morgan fingerprint density at radius 2 is 1.88 bits per heavy atom. The van der Waals surface area contributed by atoms with E-state index in [4.69, 9.17) is 14.5 Å². The fraction of sp³-hybridized carbons (Fsp3) is 0.483. The van der Waals surface area contributed by atoms with Gasteiger partial charge in [0.1, 0.15) is 12.1 Å². The maximum Gasteiger partial charge on any atom is 0.317 e. The third-order valence-electron chi connectivity index (χ3n) is 7.04. The highest BCUT2D eigenvalue weighted by Gasteiger charge is 2.32. The minimum Gasteiger partial charge on any atom is -0.493 e. The van der Waals surface area contributed by atoms with Crippen LogP contribution in [0.5, 0.6) is 11.5 Å². The van der Waals surface area contributed by atoms with Gasteiger partial charge in [-0.3, -0.25) is 9.36 Å². The molecule has 1 atom stereocenters. The number of aromatic nitrogens is 4. The minimum absolute atomic E-state index is 0.0502. The number of hydrogen-bond acceptors (Lipinski definition) is 8. The van der Waals surface area contributed by atoms with Gasteiger partial charge in [0, 0.05) is 57.7 Å². The number of nitrogens with zero attached hydrogens (tertiary/aromatic N) is 6. The van der Waals surface area contributed by atoms with Crippen molar-refractivity contribution in [3.8, 4) is 17.4 Å². The Kier molecular flexibility index (Phi) is 10.7. The molecule has 41 heavy (non-hydrogen) atoms. The van der Waals surface area contributed by atoms with E-state index in [0.717, 1.165) is 31.2 Å². The number of hydrogen-bond donors (Lipinski definition) is 2. The topological polar surface area (TPSA) is 127 Å². The van der Waals surface area contributed by atoms with Gasteiger partial charge in [-0.2, -0.15) is 4.98 Å². The van der Waals surface area contributed by atoms with E-state index in [1.165, 1.54) is 0 Å². The summed E-state index contributed by atoms with van der Waals surface area (Å²) in [5, 5.41) is 6.02. The van der Waals surface area contributed by atoms with Gasteiger partial charge >= 0.3 is 6.03 Å². The van der Waals surface area contributed by atoms with Crippen LogP contribution in [0.25, 0.3) is 5.95 Å². The average Bonchev–Trinajstić information content (AvgIpc) is 3.55. The summed E-state index contributed by atoms with van der Waals surface area (Å²) >= 11 is 0. The molecule has 3 amide bonds. The maximum atomic E-state index is 13.0. The van der Waals surface area contributed by atoms with E-state index in [9.17, 15) is 9.59 Å².